The topological polar surface area (TPSA) is 78.6 Å². The van der Waals surface area contributed by atoms with Crippen LogP contribution in [0.4, 0.5) is 0 Å². The van der Waals surface area contributed by atoms with Crippen molar-refractivity contribution in [2.45, 2.75) is 13.3 Å². The van der Waals surface area contributed by atoms with E-state index in [1.165, 1.54) is 23.7 Å². The van der Waals surface area contributed by atoms with Crippen LogP contribution in [0.15, 0.2) is 33.6 Å². The SMILES string of the molecule is CCOC(=O)Cc1cscc1OC(=O)c1cc2ccoc2c(Cl)n1. The van der Waals surface area contributed by atoms with Crippen LogP contribution >= 0.6 is 22.9 Å². The average Bonchev–Trinajstić information content (AvgIpc) is 3.17. The molecule has 0 bridgehead atoms. The van der Waals surface area contributed by atoms with Crippen molar-refractivity contribution >= 4 is 45.8 Å². The van der Waals surface area contributed by atoms with Crippen LogP contribution in [0.1, 0.15) is 23.0 Å². The zero-order chi connectivity index (χ0) is 17.1. The quantitative estimate of drug-likeness (QED) is 0.504. The summed E-state index contributed by atoms with van der Waals surface area (Å²) in [5, 5.41) is 4.12. The Morgan fingerprint density at radius 2 is 2.21 bits per heavy atom. The molecule has 0 aliphatic rings. The number of rotatable bonds is 5. The number of aromatic nitrogens is 1. The maximum Gasteiger partial charge on any atom is 0.362 e. The molecule has 0 aromatic carbocycles. The van der Waals surface area contributed by atoms with Crippen molar-refractivity contribution in [1.82, 2.24) is 4.98 Å². The number of hydrogen-bond acceptors (Lipinski definition) is 7. The second kappa shape index (κ2) is 7.02. The number of fused-ring (bicyclic) bond motifs is 1. The summed E-state index contributed by atoms with van der Waals surface area (Å²) in [7, 11) is 0. The molecule has 0 N–H and O–H groups in total. The number of hydrogen-bond donors (Lipinski definition) is 0. The van der Waals surface area contributed by atoms with E-state index in [4.69, 9.17) is 25.5 Å². The Morgan fingerprint density at radius 1 is 1.38 bits per heavy atom. The van der Waals surface area contributed by atoms with Crippen LogP contribution in [0.2, 0.25) is 5.15 Å². The molecule has 0 saturated heterocycles. The average molecular weight is 366 g/mol. The second-order valence-corrected chi connectivity index (χ2v) is 5.87. The van der Waals surface area contributed by atoms with Gasteiger partial charge in [0.2, 0.25) is 0 Å². The highest BCUT2D eigenvalue weighted by Gasteiger charge is 2.18. The molecule has 0 aliphatic carbocycles. The van der Waals surface area contributed by atoms with Crippen LogP contribution in [-0.2, 0) is 16.0 Å². The molecular formula is C16H12ClNO5S. The van der Waals surface area contributed by atoms with E-state index in [0.29, 0.717) is 28.9 Å². The van der Waals surface area contributed by atoms with E-state index in [1.54, 1.807) is 23.8 Å². The normalized spacial score (nSPS) is 10.8. The van der Waals surface area contributed by atoms with Crippen LogP contribution in [0.25, 0.3) is 11.0 Å². The first-order valence-corrected chi connectivity index (χ1v) is 8.37. The standard InChI is InChI=1S/C16H12ClNO5S/c1-2-21-13(19)6-10-7-24-8-12(10)23-16(20)11-5-9-3-4-22-14(9)15(17)18-11/h3-5,7-8H,2,6H2,1H3. The summed E-state index contributed by atoms with van der Waals surface area (Å²) in [6, 6.07) is 3.21. The molecule has 124 valence electrons. The first kappa shape index (κ1) is 16.5. The third kappa shape index (κ3) is 3.42. The fourth-order valence-corrected chi connectivity index (χ4v) is 3.09. The van der Waals surface area contributed by atoms with Gasteiger partial charge in [-0.05, 0) is 24.4 Å². The predicted octanol–water partition coefficient (Wildman–Crippen LogP) is 3.87. The summed E-state index contributed by atoms with van der Waals surface area (Å²) >= 11 is 7.32. The predicted molar refractivity (Wildman–Crippen MR) is 88.6 cm³/mol. The Morgan fingerprint density at radius 3 is 3.00 bits per heavy atom. The molecule has 0 radical (unpaired) electrons. The fourth-order valence-electron chi connectivity index (χ4n) is 2.09. The lowest BCUT2D eigenvalue weighted by Crippen LogP contribution is -2.13. The van der Waals surface area contributed by atoms with Gasteiger partial charge < -0.3 is 13.9 Å². The number of nitrogens with zero attached hydrogens (tertiary/aromatic N) is 1. The summed E-state index contributed by atoms with van der Waals surface area (Å²) in [5.74, 6) is -0.735. The van der Waals surface area contributed by atoms with E-state index < -0.39 is 5.97 Å². The Bertz CT molecular complexity index is 901. The van der Waals surface area contributed by atoms with E-state index in [-0.39, 0.29) is 23.2 Å². The molecule has 3 rings (SSSR count). The van der Waals surface area contributed by atoms with Gasteiger partial charge in [0.05, 0.1) is 19.3 Å². The van der Waals surface area contributed by atoms with E-state index in [2.05, 4.69) is 4.98 Å². The zero-order valence-electron chi connectivity index (χ0n) is 12.6. The third-order valence-corrected chi connectivity index (χ3v) is 4.17. The minimum Gasteiger partial charge on any atom is -0.466 e. The van der Waals surface area contributed by atoms with Gasteiger partial charge in [0, 0.05) is 16.3 Å². The van der Waals surface area contributed by atoms with Gasteiger partial charge in [-0.25, -0.2) is 9.78 Å². The van der Waals surface area contributed by atoms with Crippen molar-refractivity contribution in [3.05, 3.63) is 45.6 Å². The van der Waals surface area contributed by atoms with Gasteiger partial charge in [-0.15, -0.1) is 11.3 Å². The highest BCUT2D eigenvalue weighted by Crippen LogP contribution is 2.27. The molecule has 0 spiro atoms. The molecule has 24 heavy (non-hydrogen) atoms. The number of pyridine rings is 1. The van der Waals surface area contributed by atoms with Crippen molar-refractivity contribution in [1.29, 1.82) is 0 Å². The maximum atomic E-state index is 12.3. The number of thiophene rings is 1. The van der Waals surface area contributed by atoms with Gasteiger partial charge in [0.1, 0.15) is 5.75 Å². The highest BCUT2D eigenvalue weighted by molar-refractivity contribution is 7.08. The molecule has 3 aromatic heterocycles. The van der Waals surface area contributed by atoms with E-state index >= 15 is 0 Å². The maximum absolute atomic E-state index is 12.3. The molecule has 3 aromatic rings. The summed E-state index contributed by atoms with van der Waals surface area (Å²) in [4.78, 5) is 27.9. The number of esters is 2. The van der Waals surface area contributed by atoms with E-state index in [9.17, 15) is 9.59 Å². The second-order valence-electron chi connectivity index (χ2n) is 4.77. The number of carbonyl (C=O) groups excluding carboxylic acids is 2. The van der Waals surface area contributed by atoms with Gasteiger partial charge in [-0.3, -0.25) is 4.79 Å². The lowest BCUT2D eigenvalue weighted by atomic mass is 10.2. The molecule has 0 atom stereocenters. The molecule has 6 nitrogen and oxygen atoms in total. The van der Waals surface area contributed by atoms with Crippen molar-refractivity contribution in [3.8, 4) is 5.75 Å². The number of halogens is 1. The minimum atomic E-state index is -0.663. The number of furan rings is 1. The van der Waals surface area contributed by atoms with Crippen LogP contribution in [0.3, 0.4) is 0 Å². The Kier molecular flexibility index (Phi) is 4.82. The van der Waals surface area contributed by atoms with Gasteiger partial charge >= 0.3 is 11.9 Å². The Hall–Kier alpha value is -2.38. The lowest BCUT2D eigenvalue weighted by molar-refractivity contribution is -0.142. The Balaban J connectivity index is 1.79. The zero-order valence-corrected chi connectivity index (χ0v) is 14.1. The van der Waals surface area contributed by atoms with Gasteiger partial charge in [-0.2, -0.15) is 0 Å². The fraction of sp³-hybridized carbons (Fsp3) is 0.188. The lowest BCUT2D eigenvalue weighted by Gasteiger charge is -2.06. The molecule has 0 fully saturated rings. The first-order valence-electron chi connectivity index (χ1n) is 7.05. The van der Waals surface area contributed by atoms with E-state index in [0.717, 1.165) is 0 Å². The van der Waals surface area contributed by atoms with Gasteiger partial charge in [0.15, 0.2) is 16.4 Å². The van der Waals surface area contributed by atoms with Gasteiger partial charge in [-0.1, -0.05) is 11.6 Å². The van der Waals surface area contributed by atoms with E-state index in [1.807, 2.05) is 0 Å². The van der Waals surface area contributed by atoms with Crippen LogP contribution in [-0.4, -0.2) is 23.5 Å². The number of carbonyl (C=O) groups is 2. The Labute approximate surface area is 146 Å². The monoisotopic (exact) mass is 365 g/mol. The van der Waals surface area contributed by atoms with Gasteiger partial charge in [0.25, 0.3) is 0 Å². The minimum absolute atomic E-state index is 0.0366. The molecule has 8 heteroatoms. The van der Waals surface area contributed by atoms with Crippen molar-refractivity contribution in [3.63, 3.8) is 0 Å². The highest BCUT2D eigenvalue weighted by atomic mass is 35.5. The first-order chi connectivity index (χ1) is 11.6. The third-order valence-electron chi connectivity index (χ3n) is 3.15. The van der Waals surface area contributed by atoms with Crippen LogP contribution in [0.5, 0.6) is 5.75 Å². The molecular weight excluding hydrogens is 354 g/mol. The summed E-state index contributed by atoms with van der Waals surface area (Å²) in [5.41, 5.74) is 1.05. The van der Waals surface area contributed by atoms with Crippen LogP contribution in [0, 0.1) is 0 Å². The molecule has 0 aliphatic heterocycles. The smallest absolute Gasteiger partial charge is 0.362 e. The van der Waals surface area contributed by atoms with Crippen molar-refractivity contribution in [2.75, 3.05) is 6.61 Å². The van der Waals surface area contributed by atoms with Crippen LogP contribution < -0.4 is 4.74 Å². The molecule has 0 amide bonds. The molecule has 0 unspecified atom stereocenters. The van der Waals surface area contributed by atoms with Crippen molar-refractivity contribution < 1.29 is 23.5 Å². The summed E-state index contributed by atoms with van der Waals surface area (Å²) in [6.45, 7) is 2.03. The molecule has 3 heterocycles. The van der Waals surface area contributed by atoms with Crippen molar-refractivity contribution in [2.24, 2.45) is 0 Å². The summed E-state index contributed by atoms with van der Waals surface area (Å²) < 4.78 is 15.4. The summed E-state index contributed by atoms with van der Waals surface area (Å²) in [6.07, 6.45) is 1.50. The number of ether oxygens (including phenoxy) is 2. The molecule has 0 saturated carbocycles. The largest absolute Gasteiger partial charge is 0.466 e.